The summed E-state index contributed by atoms with van der Waals surface area (Å²) in [5.41, 5.74) is 0.637. The van der Waals surface area contributed by atoms with Gasteiger partial charge < -0.3 is 20.5 Å². The predicted molar refractivity (Wildman–Crippen MR) is 111 cm³/mol. The van der Waals surface area contributed by atoms with Crippen molar-refractivity contribution in [3.63, 3.8) is 0 Å². The number of nitrogens with one attached hydrogen (secondary N) is 3. The van der Waals surface area contributed by atoms with Crippen LogP contribution in [0.15, 0.2) is 46.2 Å². The molecule has 0 aliphatic carbocycles. The molecule has 10 heteroatoms. The number of fused-ring (bicyclic) bond motifs is 1. The van der Waals surface area contributed by atoms with Crippen LogP contribution in [-0.4, -0.2) is 50.8 Å². The fourth-order valence-corrected chi connectivity index (χ4v) is 2.99. The molecule has 3 rings (SSSR count). The number of anilines is 1. The summed E-state index contributed by atoms with van der Waals surface area (Å²) < 4.78 is 3.76. The van der Waals surface area contributed by atoms with Gasteiger partial charge in [0, 0.05) is 46.0 Å². The van der Waals surface area contributed by atoms with Crippen LogP contribution in [0.4, 0.5) is 5.69 Å². The number of rotatable bonds is 9. The lowest BCUT2D eigenvalue weighted by Gasteiger charge is -2.09. The Labute approximate surface area is 167 Å². The predicted octanol–water partition coefficient (Wildman–Crippen LogP) is -0.748. The maximum absolute atomic E-state index is 12.4. The first kappa shape index (κ1) is 20.3. The van der Waals surface area contributed by atoms with Crippen molar-refractivity contribution in [3.05, 3.63) is 57.5 Å². The van der Waals surface area contributed by atoms with Gasteiger partial charge in [-0.1, -0.05) is 18.2 Å². The summed E-state index contributed by atoms with van der Waals surface area (Å²) in [4.78, 5) is 40.6. The molecular formula is C19H25N7O3. The fraction of sp³-hybridized carbons (Fsp3) is 0.368. The van der Waals surface area contributed by atoms with Crippen LogP contribution in [0.2, 0.25) is 0 Å². The van der Waals surface area contributed by atoms with E-state index >= 15 is 0 Å². The molecule has 1 amide bonds. The average molecular weight is 399 g/mol. The molecule has 3 aromatic rings. The minimum Gasteiger partial charge on any atom is -0.384 e. The molecule has 29 heavy (non-hydrogen) atoms. The Bertz CT molecular complexity index is 1100. The third-order valence-corrected chi connectivity index (χ3v) is 4.56. The number of aryl methyl sites for hydroxylation is 1. The minimum atomic E-state index is -0.471. The van der Waals surface area contributed by atoms with E-state index in [0.29, 0.717) is 13.1 Å². The molecule has 0 spiro atoms. The number of hydrogen-bond acceptors (Lipinski definition) is 6. The zero-order valence-electron chi connectivity index (χ0n) is 16.5. The number of carbonyl (C=O) groups excluding carboxylic acids is 1. The van der Waals surface area contributed by atoms with Crippen LogP contribution >= 0.6 is 0 Å². The monoisotopic (exact) mass is 399 g/mol. The Hall–Kier alpha value is -3.40. The van der Waals surface area contributed by atoms with Gasteiger partial charge in [0.05, 0.1) is 6.33 Å². The van der Waals surface area contributed by atoms with E-state index in [1.54, 1.807) is 7.05 Å². The molecule has 0 aliphatic rings. The molecule has 0 saturated heterocycles. The highest BCUT2D eigenvalue weighted by Gasteiger charge is 2.15. The van der Waals surface area contributed by atoms with Gasteiger partial charge in [-0.15, -0.1) is 0 Å². The SMILES string of the molecule is Cn1c(=O)c2c(ncn2CC(=O)NCCNCCNc2ccccc2)n(C)c1=O. The molecular weight excluding hydrogens is 374 g/mol. The molecule has 1 aromatic carbocycles. The first-order valence-electron chi connectivity index (χ1n) is 9.36. The summed E-state index contributed by atoms with van der Waals surface area (Å²) in [6, 6.07) is 9.93. The van der Waals surface area contributed by atoms with Crippen molar-refractivity contribution in [2.24, 2.45) is 14.1 Å². The zero-order chi connectivity index (χ0) is 20.8. The molecule has 10 nitrogen and oxygen atoms in total. The maximum Gasteiger partial charge on any atom is 0.332 e. The Morgan fingerprint density at radius 3 is 2.48 bits per heavy atom. The van der Waals surface area contributed by atoms with Crippen LogP contribution in [-0.2, 0) is 25.4 Å². The van der Waals surface area contributed by atoms with Crippen LogP contribution in [0.1, 0.15) is 0 Å². The van der Waals surface area contributed by atoms with Crippen LogP contribution in [0.25, 0.3) is 11.2 Å². The first-order chi connectivity index (χ1) is 14.0. The highest BCUT2D eigenvalue weighted by molar-refractivity contribution is 5.78. The van der Waals surface area contributed by atoms with Gasteiger partial charge in [0.1, 0.15) is 6.54 Å². The van der Waals surface area contributed by atoms with Crippen molar-refractivity contribution in [1.29, 1.82) is 0 Å². The first-order valence-corrected chi connectivity index (χ1v) is 9.36. The Morgan fingerprint density at radius 2 is 1.72 bits per heavy atom. The summed E-state index contributed by atoms with van der Waals surface area (Å²) in [6.45, 7) is 2.60. The van der Waals surface area contributed by atoms with Crippen molar-refractivity contribution in [1.82, 2.24) is 29.3 Å². The second-order valence-electron chi connectivity index (χ2n) is 6.64. The quantitative estimate of drug-likeness (QED) is 0.408. The van der Waals surface area contributed by atoms with Gasteiger partial charge in [-0.3, -0.25) is 18.7 Å². The number of para-hydroxylation sites is 1. The molecule has 0 bridgehead atoms. The summed E-state index contributed by atoms with van der Waals surface area (Å²) >= 11 is 0. The Morgan fingerprint density at radius 1 is 1.00 bits per heavy atom. The minimum absolute atomic E-state index is 0.0422. The molecule has 3 N–H and O–H groups in total. The van der Waals surface area contributed by atoms with Gasteiger partial charge in [-0.05, 0) is 12.1 Å². The number of benzene rings is 1. The standard InChI is InChI=1S/C19H25N7O3/c1-24-17-16(18(28)25(2)19(24)29)26(13-23-17)12-15(27)22-11-9-20-8-10-21-14-6-4-3-5-7-14/h3-7,13,20-21H,8-12H2,1-2H3,(H,22,27). The molecule has 0 aliphatic heterocycles. The van der Waals surface area contributed by atoms with E-state index in [0.717, 1.165) is 23.3 Å². The number of carbonyl (C=O) groups is 1. The number of aromatic nitrogens is 4. The van der Waals surface area contributed by atoms with E-state index in [1.807, 2.05) is 30.3 Å². The second-order valence-corrected chi connectivity index (χ2v) is 6.64. The van der Waals surface area contributed by atoms with Crippen molar-refractivity contribution in [2.75, 3.05) is 31.5 Å². The van der Waals surface area contributed by atoms with Gasteiger partial charge in [-0.25, -0.2) is 9.78 Å². The van der Waals surface area contributed by atoms with Gasteiger partial charge >= 0.3 is 5.69 Å². The van der Waals surface area contributed by atoms with Gasteiger partial charge in [0.2, 0.25) is 5.91 Å². The van der Waals surface area contributed by atoms with Crippen molar-refractivity contribution >= 4 is 22.8 Å². The molecule has 0 atom stereocenters. The fourth-order valence-electron chi connectivity index (χ4n) is 2.99. The highest BCUT2D eigenvalue weighted by Crippen LogP contribution is 2.05. The maximum atomic E-state index is 12.4. The summed E-state index contributed by atoms with van der Waals surface area (Å²) in [6.07, 6.45) is 1.40. The normalized spacial score (nSPS) is 11.0. The van der Waals surface area contributed by atoms with Gasteiger partial charge in [-0.2, -0.15) is 0 Å². The van der Waals surface area contributed by atoms with Crippen molar-refractivity contribution in [2.45, 2.75) is 6.54 Å². The third-order valence-electron chi connectivity index (χ3n) is 4.56. The summed E-state index contributed by atoms with van der Waals surface area (Å²) in [5, 5.41) is 9.34. The second kappa shape index (κ2) is 9.20. The van der Waals surface area contributed by atoms with Gasteiger partial charge in [0.15, 0.2) is 11.2 Å². The number of amides is 1. The number of nitrogens with zero attached hydrogens (tertiary/aromatic N) is 4. The Kier molecular flexibility index (Phi) is 6.45. The van der Waals surface area contributed by atoms with Crippen molar-refractivity contribution in [3.8, 4) is 0 Å². The molecule has 2 aromatic heterocycles. The van der Waals surface area contributed by atoms with E-state index in [2.05, 4.69) is 20.9 Å². The molecule has 0 fully saturated rings. The Balaban J connectivity index is 1.44. The van der Waals surface area contributed by atoms with E-state index < -0.39 is 11.2 Å². The third kappa shape index (κ3) is 4.72. The van der Waals surface area contributed by atoms with Crippen LogP contribution in [0, 0.1) is 0 Å². The van der Waals surface area contributed by atoms with Crippen LogP contribution in [0.3, 0.4) is 0 Å². The highest BCUT2D eigenvalue weighted by atomic mass is 16.2. The number of hydrogen-bond donors (Lipinski definition) is 3. The molecule has 2 heterocycles. The van der Waals surface area contributed by atoms with Crippen molar-refractivity contribution < 1.29 is 4.79 Å². The van der Waals surface area contributed by atoms with E-state index in [4.69, 9.17) is 0 Å². The smallest absolute Gasteiger partial charge is 0.332 e. The lowest BCUT2D eigenvalue weighted by molar-refractivity contribution is -0.121. The lowest BCUT2D eigenvalue weighted by Crippen LogP contribution is -2.38. The van der Waals surface area contributed by atoms with E-state index in [1.165, 1.54) is 22.5 Å². The molecule has 0 saturated carbocycles. The average Bonchev–Trinajstić information content (AvgIpc) is 3.14. The van der Waals surface area contributed by atoms with Gasteiger partial charge in [0.25, 0.3) is 5.56 Å². The van der Waals surface area contributed by atoms with Crippen LogP contribution < -0.4 is 27.2 Å². The zero-order valence-corrected chi connectivity index (χ0v) is 16.5. The molecule has 154 valence electrons. The summed E-state index contributed by atoms with van der Waals surface area (Å²) in [7, 11) is 2.94. The van der Waals surface area contributed by atoms with Crippen LogP contribution in [0.5, 0.6) is 0 Å². The van der Waals surface area contributed by atoms with E-state index in [-0.39, 0.29) is 23.6 Å². The summed E-state index contributed by atoms with van der Waals surface area (Å²) in [5.74, 6) is -0.232. The topological polar surface area (TPSA) is 115 Å². The molecule has 0 unspecified atom stereocenters. The largest absolute Gasteiger partial charge is 0.384 e. The lowest BCUT2D eigenvalue weighted by atomic mass is 10.3. The van der Waals surface area contributed by atoms with E-state index in [9.17, 15) is 14.4 Å². The number of imidazole rings is 1. The molecule has 0 radical (unpaired) electrons.